The number of hydrogen-bond donors (Lipinski definition) is 2. The summed E-state index contributed by atoms with van der Waals surface area (Å²) in [7, 11) is 0. The Bertz CT molecular complexity index is 426. The summed E-state index contributed by atoms with van der Waals surface area (Å²) in [5, 5.41) is 3.72. The van der Waals surface area contributed by atoms with E-state index in [0.717, 1.165) is 16.3 Å². The summed E-state index contributed by atoms with van der Waals surface area (Å²) in [6.45, 7) is 4.74. The van der Waals surface area contributed by atoms with Gasteiger partial charge >= 0.3 is 0 Å². The Hall–Kier alpha value is -0.710. The SMILES string of the molecule is CC(C)CC(CN)NC(=O)CCSc1ccccc1Cl. The van der Waals surface area contributed by atoms with E-state index in [2.05, 4.69) is 19.2 Å². The smallest absolute Gasteiger partial charge is 0.221 e. The van der Waals surface area contributed by atoms with Crippen molar-refractivity contribution in [2.75, 3.05) is 12.3 Å². The first-order chi connectivity index (χ1) is 9.52. The number of carbonyl (C=O) groups is 1. The zero-order valence-corrected chi connectivity index (χ0v) is 13.6. The Morgan fingerprint density at radius 3 is 2.70 bits per heavy atom. The van der Waals surface area contributed by atoms with Gasteiger partial charge < -0.3 is 11.1 Å². The minimum Gasteiger partial charge on any atom is -0.352 e. The van der Waals surface area contributed by atoms with E-state index in [0.29, 0.717) is 24.6 Å². The number of halogens is 1. The number of rotatable bonds is 8. The molecule has 0 fully saturated rings. The lowest BCUT2D eigenvalue weighted by Crippen LogP contribution is -2.41. The number of amides is 1. The third kappa shape index (κ3) is 6.64. The molecule has 0 aliphatic rings. The molecule has 1 aromatic carbocycles. The second-order valence-corrected chi connectivity index (χ2v) is 6.70. The van der Waals surface area contributed by atoms with Gasteiger partial charge in [-0.05, 0) is 24.5 Å². The highest BCUT2D eigenvalue weighted by Crippen LogP contribution is 2.26. The molecule has 0 aliphatic carbocycles. The minimum absolute atomic E-state index is 0.0562. The molecule has 3 nitrogen and oxygen atoms in total. The van der Waals surface area contributed by atoms with Crippen LogP contribution in [0, 0.1) is 5.92 Å². The van der Waals surface area contributed by atoms with Crippen molar-refractivity contribution in [1.82, 2.24) is 5.32 Å². The Labute approximate surface area is 130 Å². The lowest BCUT2D eigenvalue weighted by molar-refractivity contribution is -0.121. The quantitative estimate of drug-likeness (QED) is 0.724. The zero-order valence-electron chi connectivity index (χ0n) is 12.1. The highest BCUT2D eigenvalue weighted by molar-refractivity contribution is 7.99. The normalized spacial score (nSPS) is 12.4. The van der Waals surface area contributed by atoms with Gasteiger partial charge in [-0.3, -0.25) is 4.79 Å². The van der Waals surface area contributed by atoms with Crippen LogP contribution in [0.4, 0.5) is 0 Å². The second kappa shape index (κ2) is 9.27. The van der Waals surface area contributed by atoms with Crippen LogP contribution in [0.1, 0.15) is 26.7 Å². The van der Waals surface area contributed by atoms with Crippen molar-refractivity contribution in [3.63, 3.8) is 0 Å². The molecular weight excluding hydrogens is 292 g/mol. The van der Waals surface area contributed by atoms with E-state index < -0.39 is 0 Å². The Balaban J connectivity index is 2.31. The van der Waals surface area contributed by atoms with E-state index in [4.69, 9.17) is 17.3 Å². The third-order valence-electron chi connectivity index (χ3n) is 2.83. The predicted molar refractivity (Wildman–Crippen MR) is 87.2 cm³/mol. The molecule has 1 unspecified atom stereocenters. The molecular formula is C15H23ClN2OS. The van der Waals surface area contributed by atoms with Gasteiger partial charge in [0.1, 0.15) is 0 Å². The summed E-state index contributed by atoms with van der Waals surface area (Å²) in [5.74, 6) is 1.30. The van der Waals surface area contributed by atoms with Gasteiger partial charge in [0.2, 0.25) is 5.91 Å². The maximum atomic E-state index is 11.9. The molecule has 0 aromatic heterocycles. The standard InChI is InChI=1S/C15H23ClN2OS/c1-11(2)9-12(10-17)18-15(19)7-8-20-14-6-4-3-5-13(14)16/h3-6,11-12H,7-10,17H2,1-2H3,(H,18,19). The van der Waals surface area contributed by atoms with Gasteiger partial charge in [-0.2, -0.15) is 0 Å². The van der Waals surface area contributed by atoms with E-state index in [9.17, 15) is 4.79 Å². The van der Waals surface area contributed by atoms with Crippen LogP contribution in [0.15, 0.2) is 29.2 Å². The molecule has 0 heterocycles. The molecule has 0 radical (unpaired) electrons. The van der Waals surface area contributed by atoms with Crippen molar-refractivity contribution in [1.29, 1.82) is 0 Å². The third-order valence-corrected chi connectivity index (χ3v) is 4.35. The van der Waals surface area contributed by atoms with E-state index in [1.807, 2.05) is 24.3 Å². The fraction of sp³-hybridized carbons (Fsp3) is 0.533. The number of thioether (sulfide) groups is 1. The van der Waals surface area contributed by atoms with Crippen LogP contribution >= 0.6 is 23.4 Å². The van der Waals surface area contributed by atoms with E-state index in [1.54, 1.807) is 11.8 Å². The van der Waals surface area contributed by atoms with Crippen LogP contribution in [0.3, 0.4) is 0 Å². The number of hydrogen-bond acceptors (Lipinski definition) is 3. The molecule has 0 spiro atoms. The zero-order chi connectivity index (χ0) is 15.0. The average molecular weight is 315 g/mol. The predicted octanol–water partition coefficient (Wildman–Crippen LogP) is 3.31. The summed E-state index contributed by atoms with van der Waals surface area (Å²) in [6, 6.07) is 7.74. The molecule has 112 valence electrons. The molecule has 5 heteroatoms. The number of nitrogens with two attached hydrogens (primary N) is 1. The van der Waals surface area contributed by atoms with Crippen molar-refractivity contribution in [3.05, 3.63) is 29.3 Å². The van der Waals surface area contributed by atoms with Crippen LogP contribution in [0.2, 0.25) is 5.02 Å². The van der Waals surface area contributed by atoms with Crippen LogP contribution in [-0.2, 0) is 4.79 Å². The first-order valence-electron chi connectivity index (χ1n) is 6.89. The fourth-order valence-corrected chi connectivity index (χ4v) is 3.09. The van der Waals surface area contributed by atoms with Crippen molar-refractivity contribution < 1.29 is 4.79 Å². The second-order valence-electron chi connectivity index (χ2n) is 5.16. The van der Waals surface area contributed by atoms with Gasteiger partial charge in [-0.1, -0.05) is 37.6 Å². The first kappa shape index (κ1) is 17.3. The van der Waals surface area contributed by atoms with Gasteiger partial charge in [0.15, 0.2) is 0 Å². The molecule has 0 aliphatic heterocycles. The summed E-state index contributed by atoms with van der Waals surface area (Å²) in [4.78, 5) is 12.9. The molecule has 0 saturated carbocycles. The van der Waals surface area contributed by atoms with Crippen LogP contribution in [0.25, 0.3) is 0 Å². The molecule has 1 aromatic rings. The number of nitrogens with one attached hydrogen (secondary N) is 1. The van der Waals surface area contributed by atoms with Gasteiger partial charge in [-0.15, -0.1) is 11.8 Å². The molecule has 1 amide bonds. The number of carbonyl (C=O) groups excluding carboxylic acids is 1. The van der Waals surface area contributed by atoms with Crippen molar-refractivity contribution in [3.8, 4) is 0 Å². The van der Waals surface area contributed by atoms with Gasteiger partial charge in [0, 0.05) is 29.7 Å². The Morgan fingerprint density at radius 1 is 1.40 bits per heavy atom. The van der Waals surface area contributed by atoms with Crippen molar-refractivity contribution in [2.45, 2.75) is 37.6 Å². The number of benzene rings is 1. The van der Waals surface area contributed by atoms with Crippen LogP contribution < -0.4 is 11.1 Å². The highest BCUT2D eigenvalue weighted by atomic mass is 35.5. The van der Waals surface area contributed by atoms with Crippen molar-refractivity contribution >= 4 is 29.3 Å². The van der Waals surface area contributed by atoms with Crippen LogP contribution in [-0.4, -0.2) is 24.2 Å². The van der Waals surface area contributed by atoms with E-state index >= 15 is 0 Å². The largest absolute Gasteiger partial charge is 0.352 e. The Morgan fingerprint density at radius 2 is 2.10 bits per heavy atom. The molecule has 20 heavy (non-hydrogen) atoms. The van der Waals surface area contributed by atoms with Gasteiger partial charge in [0.05, 0.1) is 5.02 Å². The summed E-state index contributed by atoms with van der Waals surface area (Å²) < 4.78 is 0. The van der Waals surface area contributed by atoms with E-state index in [-0.39, 0.29) is 11.9 Å². The van der Waals surface area contributed by atoms with Gasteiger partial charge in [-0.25, -0.2) is 0 Å². The summed E-state index contributed by atoms with van der Waals surface area (Å²) >= 11 is 7.67. The molecule has 0 saturated heterocycles. The van der Waals surface area contributed by atoms with Crippen molar-refractivity contribution in [2.24, 2.45) is 11.7 Å². The molecule has 1 rings (SSSR count). The maximum Gasteiger partial charge on any atom is 0.221 e. The topological polar surface area (TPSA) is 55.1 Å². The highest BCUT2D eigenvalue weighted by Gasteiger charge is 2.12. The van der Waals surface area contributed by atoms with E-state index in [1.165, 1.54) is 0 Å². The Kier molecular flexibility index (Phi) is 8.04. The van der Waals surface area contributed by atoms with Gasteiger partial charge in [0.25, 0.3) is 0 Å². The fourth-order valence-electron chi connectivity index (χ4n) is 1.90. The lowest BCUT2D eigenvalue weighted by Gasteiger charge is -2.18. The summed E-state index contributed by atoms with van der Waals surface area (Å²) in [6.07, 6.45) is 1.39. The van der Waals surface area contributed by atoms with Crippen LogP contribution in [0.5, 0.6) is 0 Å². The minimum atomic E-state index is 0.0562. The molecule has 0 bridgehead atoms. The first-order valence-corrected chi connectivity index (χ1v) is 8.26. The average Bonchev–Trinajstić information content (AvgIpc) is 2.39. The molecule has 3 N–H and O–H groups in total. The lowest BCUT2D eigenvalue weighted by atomic mass is 10.0. The molecule has 1 atom stereocenters. The monoisotopic (exact) mass is 314 g/mol. The summed E-state index contributed by atoms with van der Waals surface area (Å²) in [5.41, 5.74) is 5.67. The maximum absolute atomic E-state index is 11.9.